The monoisotopic (exact) mass is 289 g/mol. The second-order valence-electron chi connectivity index (χ2n) is 5.48. The van der Waals surface area contributed by atoms with Gasteiger partial charge in [-0.2, -0.15) is 0 Å². The van der Waals surface area contributed by atoms with E-state index in [2.05, 4.69) is 19.2 Å². The van der Waals surface area contributed by atoms with Crippen LogP contribution in [0.4, 0.5) is 0 Å². The molecular weight excluding hydrogens is 269 g/mol. The predicted molar refractivity (Wildman–Crippen MR) is 78.2 cm³/mol. The summed E-state index contributed by atoms with van der Waals surface area (Å²) in [6, 6.07) is 5.46. The Hall–Kier alpha value is -0.280. The molecular formula is C14H21Cl2NO. The highest BCUT2D eigenvalue weighted by Gasteiger charge is 2.20. The molecule has 0 heterocycles. The average Bonchev–Trinajstić information content (AvgIpc) is 2.12. The van der Waals surface area contributed by atoms with Gasteiger partial charge in [-0.1, -0.05) is 37.0 Å². The fraction of sp³-hybridized carbons (Fsp3) is 0.571. The first-order valence-corrected chi connectivity index (χ1v) is 6.92. The van der Waals surface area contributed by atoms with E-state index >= 15 is 0 Å². The Labute approximate surface area is 119 Å². The standard InChI is InChI=1S/C14H21Cl2NO/c1-10(2)7-14(3,18)9-17-8-11-4-12(15)6-13(16)5-11/h4-6,10,17-18H,7-9H2,1-3H3. The number of hydrogen-bond acceptors (Lipinski definition) is 2. The van der Waals surface area contributed by atoms with Gasteiger partial charge in [0.1, 0.15) is 0 Å². The molecule has 0 saturated carbocycles. The van der Waals surface area contributed by atoms with E-state index in [1.165, 1.54) is 0 Å². The van der Waals surface area contributed by atoms with Gasteiger partial charge >= 0.3 is 0 Å². The molecule has 1 rings (SSSR count). The molecule has 1 unspecified atom stereocenters. The minimum Gasteiger partial charge on any atom is -0.389 e. The third-order valence-electron chi connectivity index (χ3n) is 2.61. The normalized spacial score (nSPS) is 14.8. The van der Waals surface area contributed by atoms with Crippen molar-refractivity contribution >= 4 is 23.2 Å². The summed E-state index contributed by atoms with van der Waals surface area (Å²) in [6.45, 7) is 7.26. The van der Waals surface area contributed by atoms with Crippen molar-refractivity contribution in [1.82, 2.24) is 5.32 Å². The van der Waals surface area contributed by atoms with Crippen molar-refractivity contribution in [3.05, 3.63) is 33.8 Å². The zero-order chi connectivity index (χ0) is 13.8. The van der Waals surface area contributed by atoms with Gasteiger partial charge in [-0.15, -0.1) is 0 Å². The third kappa shape index (κ3) is 6.05. The first-order chi connectivity index (χ1) is 8.28. The highest BCUT2D eigenvalue weighted by molar-refractivity contribution is 6.34. The lowest BCUT2D eigenvalue weighted by atomic mass is 9.94. The van der Waals surface area contributed by atoms with E-state index in [-0.39, 0.29) is 0 Å². The van der Waals surface area contributed by atoms with Crippen LogP contribution in [-0.4, -0.2) is 17.3 Å². The molecule has 4 heteroatoms. The van der Waals surface area contributed by atoms with Crippen LogP contribution in [0.5, 0.6) is 0 Å². The Morgan fingerprint density at radius 3 is 2.28 bits per heavy atom. The molecule has 0 fully saturated rings. The van der Waals surface area contributed by atoms with Crippen LogP contribution in [0.15, 0.2) is 18.2 Å². The zero-order valence-electron chi connectivity index (χ0n) is 11.1. The lowest BCUT2D eigenvalue weighted by Crippen LogP contribution is -2.38. The van der Waals surface area contributed by atoms with Crippen molar-refractivity contribution in [2.24, 2.45) is 5.92 Å². The average molecular weight is 290 g/mol. The summed E-state index contributed by atoms with van der Waals surface area (Å²) in [4.78, 5) is 0. The number of aliphatic hydroxyl groups is 1. The van der Waals surface area contributed by atoms with Crippen molar-refractivity contribution in [3.63, 3.8) is 0 Å². The number of benzene rings is 1. The summed E-state index contributed by atoms with van der Waals surface area (Å²) >= 11 is 11.9. The van der Waals surface area contributed by atoms with E-state index in [4.69, 9.17) is 23.2 Å². The summed E-state index contributed by atoms with van der Waals surface area (Å²) in [6.07, 6.45) is 0.774. The second-order valence-corrected chi connectivity index (χ2v) is 6.35. The molecule has 1 atom stereocenters. The van der Waals surface area contributed by atoms with E-state index < -0.39 is 5.60 Å². The Morgan fingerprint density at radius 2 is 1.78 bits per heavy atom. The lowest BCUT2D eigenvalue weighted by molar-refractivity contribution is 0.0383. The highest BCUT2D eigenvalue weighted by atomic mass is 35.5. The van der Waals surface area contributed by atoms with Crippen LogP contribution in [0.3, 0.4) is 0 Å². The largest absolute Gasteiger partial charge is 0.389 e. The van der Waals surface area contributed by atoms with Crippen molar-refractivity contribution in [1.29, 1.82) is 0 Å². The highest BCUT2D eigenvalue weighted by Crippen LogP contribution is 2.19. The van der Waals surface area contributed by atoms with Crippen molar-refractivity contribution in [2.45, 2.75) is 39.3 Å². The van der Waals surface area contributed by atoms with E-state index in [1.807, 2.05) is 19.1 Å². The van der Waals surface area contributed by atoms with Gasteiger partial charge in [-0.3, -0.25) is 0 Å². The summed E-state index contributed by atoms with van der Waals surface area (Å²) < 4.78 is 0. The predicted octanol–water partition coefficient (Wildman–Crippen LogP) is 3.88. The van der Waals surface area contributed by atoms with Gasteiger partial charge in [0.15, 0.2) is 0 Å². The first-order valence-electron chi connectivity index (χ1n) is 6.16. The fourth-order valence-corrected chi connectivity index (χ4v) is 2.71. The van der Waals surface area contributed by atoms with Crippen molar-refractivity contribution in [3.8, 4) is 0 Å². The molecule has 0 saturated heterocycles. The Morgan fingerprint density at radius 1 is 1.22 bits per heavy atom. The Kier molecular flexibility index (Phi) is 5.93. The van der Waals surface area contributed by atoms with E-state index in [0.29, 0.717) is 29.1 Å². The molecule has 0 bridgehead atoms. The van der Waals surface area contributed by atoms with Crippen LogP contribution >= 0.6 is 23.2 Å². The lowest BCUT2D eigenvalue weighted by Gasteiger charge is -2.25. The molecule has 0 radical (unpaired) electrons. The second kappa shape index (κ2) is 6.76. The summed E-state index contributed by atoms with van der Waals surface area (Å²) in [5.41, 5.74) is 0.337. The molecule has 18 heavy (non-hydrogen) atoms. The topological polar surface area (TPSA) is 32.3 Å². The fourth-order valence-electron chi connectivity index (χ4n) is 2.14. The van der Waals surface area contributed by atoms with Gasteiger partial charge in [0, 0.05) is 23.1 Å². The molecule has 0 aliphatic carbocycles. The maximum Gasteiger partial charge on any atom is 0.0746 e. The van der Waals surface area contributed by atoms with Crippen LogP contribution in [0.25, 0.3) is 0 Å². The molecule has 2 N–H and O–H groups in total. The van der Waals surface area contributed by atoms with Crippen LogP contribution in [0.2, 0.25) is 10.0 Å². The summed E-state index contributed by atoms with van der Waals surface area (Å²) in [5.74, 6) is 0.474. The minimum atomic E-state index is -0.684. The molecule has 0 aliphatic heterocycles. The molecule has 0 amide bonds. The van der Waals surface area contributed by atoms with Gasteiger partial charge in [0.2, 0.25) is 0 Å². The SMILES string of the molecule is CC(C)CC(C)(O)CNCc1cc(Cl)cc(Cl)c1. The van der Waals surface area contributed by atoms with E-state index in [9.17, 15) is 5.11 Å². The minimum absolute atomic E-state index is 0.474. The summed E-state index contributed by atoms with van der Waals surface area (Å²) in [5, 5.41) is 14.7. The number of halogens is 2. The van der Waals surface area contributed by atoms with Crippen molar-refractivity contribution in [2.75, 3.05) is 6.54 Å². The first kappa shape index (κ1) is 15.8. The molecule has 1 aromatic rings. The smallest absolute Gasteiger partial charge is 0.0746 e. The maximum atomic E-state index is 10.2. The molecule has 0 aliphatic rings. The molecule has 0 aromatic heterocycles. The van der Waals surface area contributed by atoms with Gasteiger partial charge < -0.3 is 10.4 Å². The van der Waals surface area contributed by atoms with Crippen LogP contribution in [0, 0.1) is 5.92 Å². The molecule has 0 spiro atoms. The van der Waals surface area contributed by atoms with Crippen LogP contribution in [0.1, 0.15) is 32.8 Å². The third-order valence-corrected chi connectivity index (χ3v) is 3.04. The van der Waals surface area contributed by atoms with Gasteiger partial charge in [0.05, 0.1) is 5.60 Å². The quantitative estimate of drug-likeness (QED) is 0.833. The molecule has 1 aromatic carbocycles. The Bertz CT molecular complexity index is 371. The van der Waals surface area contributed by atoms with E-state index in [0.717, 1.165) is 12.0 Å². The van der Waals surface area contributed by atoms with Gasteiger partial charge in [-0.05, 0) is 43.0 Å². The number of rotatable bonds is 6. The van der Waals surface area contributed by atoms with Crippen LogP contribution in [-0.2, 0) is 6.54 Å². The van der Waals surface area contributed by atoms with E-state index in [1.54, 1.807) is 6.07 Å². The summed E-state index contributed by atoms with van der Waals surface area (Å²) in [7, 11) is 0. The van der Waals surface area contributed by atoms with Crippen molar-refractivity contribution < 1.29 is 5.11 Å². The van der Waals surface area contributed by atoms with Crippen LogP contribution < -0.4 is 5.32 Å². The van der Waals surface area contributed by atoms with Gasteiger partial charge in [0.25, 0.3) is 0 Å². The zero-order valence-corrected chi connectivity index (χ0v) is 12.6. The van der Waals surface area contributed by atoms with Gasteiger partial charge in [-0.25, -0.2) is 0 Å². The maximum absolute atomic E-state index is 10.2. The number of hydrogen-bond donors (Lipinski definition) is 2. The molecule has 102 valence electrons. The number of nitrogens with one attached hydrogen (secondary N) is 1. The molecule has 2 nitrogen and oxygen atoms in total. The Balaban J connectivity index is 2.46.